The standard InChI is InChI=1S/C10H11N3O3S/c1-6(17-10-11-5-12-13-10)7-3-4-8(16-7)9(14)15-2/h3-6H,1-2H3,(H,11,12,13). The molecule has 2 rings (SSSR count). The van der Waals surface area contributed by atoms with Crippen LogP contribution in [0.25, 0.3) is 0 Å². The van der Waals surface area contributed by atoms with Gasteiger partial charge >= 0.3 is 5.97 Å². The first-order valence-electron chi connectivity index (χ1n) is 4.90. The Bertz CT molecular complexity index is 495. The lowest BCUT2D eigenvalue weighted by Gasteiger charge is -2.04. The van der Waals surface area contributed by atoms with Crippen LogP contribution in [-0.2, 0) is 4.74 Å². The topological polar surface area (TPSA) is 81.0 Å². The summed E-state index contributed by atoms with van der Waals surface area (Å²) in [4.78, 5) is 15.2. The molecule has 0 spiro atoms. The summed E-state index contributed by atoms with van der Waals surface area (Å²) in [5.41, 5.74) is 0. The van der Waals surface area contributed by atoms with E-state index in [0.29, 0.717) is 10.9 Å². The normalized spacial score (nSPS) is 12.4. The lowest BCUT2D eigenvalue weighted by atomic mass is 10.3. The van der Waals surface area contributed by atoms with Gasteiger partial charge in [0.2, 0.25) is 5.76 Å². The lowest BCUT2D eigenvalue weighted by Crippen LogP contribution is -1.98. The molecule has 2 aromatic heterocycles. The number of carbonyl (C=O) groups is 1. The molecule has 1 unspecified atom stereocenters. The third-order valence-corrected chi connectivity index (χ3v) is 3.10. The van der Waals surface area contributed by atoms with Crippen molar-refractivity contribution in [2.24, 2.45) is 0 Å². The number of nitrogens with one attached hydrogen (secondary N) is 1. The number of furan rings is 1. The summed E-state index contributed by atoms with van der Waals surface area (Å²) in [7, 11) is 1.32. The number of methoxy groups -OCH3 is 1. The van der Waals surface area contributed by atoms with Gasteiger partial charge in [0, 0.05) is 0 Å². The molecule has 0 radical (unpaired) electrons. The van der Waals surface area contributed by atoms with Gasteiger partial charge < -0.3 is 9.15 Å². The molecule has 1 atom stereocenters. The van der Waals surface area contributed by atoms with Crippen LogP contribution in [0.3, 0.4) is 0 Å². The van der Waals surface area contributed by atoms with E-state index in [4.69, 9.17) is 4.42 Å². The van der Waals surface area contributed by atoms with Gasteiger partial charge in [-0.25, -0.2) is 9.78 Å². The quantitative estimate of drug-likeness (QED) is 0.663. The minimum absolute atomic E-state index is 0.0290. The summed E-state index contributed by atoms with van der Waals surface area (Å²) in [6.07, 6.45) is 1.44. The van der Waals surface area contributed by atoms with Crippen molar-refractivity contribution < 1.29 is 13.9 Å². The zero-order valence-electron chi connectivity index (χ0n) is 9.34. The Morgan fingerprint density at radius 3 is 3.06 bits per heavy atom. The highest BCUT2D eigenvalue weighted by Gasteiger charge is 2.16. The average Bonchev–Trinajstić information content (AvgIpc) is 2.98. The van der Waals surface area contributed by atoms with E-state index < -0.39 is 5.97 Å². The molecule has 7 heteroatoms. The van der Waals surface area contributed by atoms with Gasteiger partial charge in [-0.3, -0.25) is 5.10 Å². The number of hydrogen-bond donors (Lipinski definition) is 1. The largest absolute Gasteiger partial charge is 0.463 e. The second-order valence-electron chi connectivity index (χ2n) is 3.24. The Kier molecular flexibility index (Phi) is 3.48. The first-order valence-corrected chi connectivity index (χ1v) is 5.78. The fraction of sp³-hybridized carbons (Fsp3) is 0.300. The Morgan fingerprint density at radius 2 is 2.41 bits per heavy atom. The van der Waals surface area contributed by atoms with Crippen LogP contribution in [0.15, 0.2) is 28.0 Å². The van der Waals surface area contributed by atoms with Crippen molar-refractivity contribution in [3.8, 4) is 0 Å². The molecular weight excluding hydrogens is 242 g/mol. The molecule has 6 nitrogen and oxygen atoms in total. The second kappa shape index (κ2) is 5.05. The number of ether oxygens (including phenoxy) is 1. The maximum absolute atomic E-state index is 11.2. The summed E-state index contributed by atoms with van der Waals surface area (Å²) in [5, 5.41) is 7.23. The summed E-state index contributed by atoms with van der Waals surface area (Å²) >= 11 is 1.46. The number of aromatic amines is 1. The summed E-state index contributed by atoms with van der Waals surface area (Å²) in [6, 6.07) is 3.35. The predicted molar refractivity (Wildman–Crippen MR) is 60.7 cm³/mol. The Hall–Kier alpha value is -1.76. The Labute approximate surface area is 102 Å². The molecule has 0 aliphatic rings. The van der Waals surface area contributed by atoms with E-state index in [1.807, 2.05) is 6.92 Å². The van der Waals surface area contributed by atoms with Crippen LogP contribution in [0.2, 0.25) is 0 Å². The highest BCUT2D eigenvalue weighted by atomic mass is 32.2. The molecule has 0 aliphatic heterocycles. The van der Waals surface area contributed by atoms with Gasteiger partial charge in [-0.05, 0) is 19.1 Å². The van der Waals surface area contributed by atoms with Crippen molar-refractivity contribution in [1.29, 1.82) is 0 Å². The van der Waals surface area contributed by atoms with E-state index >= 15 is 0 Å². The van der Waals surface area contributed by atoms with Crippen LogP contribution >= 0.6 is 11.8 Å². The number of nitrogens with zero attached hydrogens (tertiary/aromatic N) is 2. The number of aromatic nitrogens is 3. The van der Waals surface area contributed by atoms with Gasteiger partial charge in [0.15, 0.2) is 5.16 Å². The lowest BCUT2D eigenvalue weighted by molar-refractivity contribution is 0.0563. The maximum atomic E-state index is 11.2. The SMILES string of the molecule is COC(=O)c1ccc(C(C)Sc2ncn[nH]2)o1. The van der Waals surface area contributed by atoms with Gasteiger partial charge in [0.25, 0.3) is 0 Å². The molecule has 90 valence electrons. The third kappa shape index (κ3) is 2.68. The zero-order valence-corrected chi connectivity index (χ0v) is 10.2. The highest BCUT2D eigenvalue weighted by Crippen LogP contribution is 2.33. The molecule has 0 saturated heterocycles. The molecule has 2 aromatic rings. The average molecular weight is 253 g/mol. The molecule has 0 amide bonds. The van der Waals surface area contributed by atoms with E-state index in [2.05, 4.69) is 19.9 Å². The van der Waals surface area contributed by atoms with Crippen molar-refractivity contribution in [2.75, 3.05) is 7.11 Å². The molecule has 2 heterocycles. The van der Waals surface area contributed by atoms with E-state index in [1.165, 1.54) is 25.2 Å². The summed E-state index contributed by atoms with van der Waals surface area (Å²) < 4.78 is 9.96. The summed E-state index contributed by atoms with van der Waals surface area (Å²) in [6.45, 7) is 1.95. The number of esters is 1. The Morgan fingerprint density at radius 1 is 1.59 bits per heavy atom. The van der Waals surface area contributed by atoms with Crippen molar-refractivity contribution in [3.05, 3.63) is 30.0 Å². The first-order chi connectivity index (χ1) is 8.20. The highest BCUT2D eigenvalue weighted by molar-refractivity contribution is 7.99. The van der Waals surface area contributed by atoms with Crippen LogP contribution in [0.5, 0.6) is 0 Å². The monoisotopic (exact) mass is 253 g/mol. The van der Waals surface area contributed by atoms with Crippen LogP contribution < -0.4 is 0 Å². The van der Waals surface area contributed by atoms with Crippen LogP contribution in [0.1, 0.15) is 28.5 Å². The van der Waals surface area contributed by atoms with Crippen molar-refractivity contribution in [3.63, 3.8) is 0 Å². The van der Waals surface area contributed by atoms with E-state index in [-0.39, 0.29) is 11.0 Å². The number of rotatable bonds is 4. The minimum atomic E-state index is -0.479. The molecule has 0 aromatic carbocycles. The van der Waals surface area contributed by atoms with Crippen LogP contribution in [0.4, 0.5) is 0 Å². The van der Waals surface area contributed by atoms with Gasteiger partial charge in [-0.2, -0.15) is 5.10 Å². The zero-order chi connectivity index (χ0) is 12.3. The number of thioether (sulfide) groups is 1. The molecule has 0 aliphatic carbocycles. The fourth-order valence-corrected chi connectivity index (χ4v) is 2.05. The van der Waals surface area contributed by atoms with E-state index in [9.17, 15) is 4.79 Å². The third-order valence-electron chi connectivity index (χ3n) is 2.10. The number of carbonyl (C=O) groups excluding carboxylic acids is 1. The van der Waals surface area contributed by atoms with Crippen molar-refractivity contribution in [1.82, 2.24) is 15.2 Å². The van der Waals surface area contributed by atoms with Crippen molar-refractivity contribution in [2.45, 2.75) is 17.3 Å². The number of H-pyrrole nitrogens is 1. The van der Waals surface area contributed by atoms with E-state index in [1.54, 1.807) is 12.1 Å². The van der Waals surface area contributed by atoms with Crippen LogP contribution in [-0.4, -0.2) is 28.3 Å². The predicted octanol–water partition coefficient (Wildman–Crippen LogP) is 2.04. The number of hydrogen-bond acceptors (Lipinski definition) is 6. The maximum Gasteiger partial charge on any atom is 0.373 e. The first kappa shape index (κ1) is 11.7. The Balaban J connectivity index is 2.07. The molecule has 1 N–H and O–H groups in total. The molecule has 0 fully saturated rings. The smallest absolute Gasteiger partial charge is 0.373 e. The molecular formula is C10H11N3O3S. The van der Waals surface area contributed by atoms with Gasteiger partial charge in [0.1, 0.15) is 12.1 Å². The van der Waals surface area contributed by atoms with E-state index in [0.717, 1.165) is 0 Å². The van der Waals surface area contributed by atoms with Crippen molar-refractivity contribution >= 4 is 17.7 Å². The molecule has 17 heavy (non-hydrogen) atoms. The minimum Gasteiger partial charge on any atom is -0.463 e. The molecule has 0 bridgehead atoms. The second-order valence-corrected chi connectivity index (χ2v) is 4.57. The molecule has 0 saturated carbocycles. The van der Waals surface area contributed by atoms with Gasteiger partial charge in [0.05, 0.1) is 12.4 Å². The summed E-state index contributed by atoms with van der Waals surface area (Å²) in [5.74, 6) is 0.410. The van der Waals surface area contributed by atoms with Gasteiger partial charge in [-0.15, -0.1) is 0 Å². The fourth-order valence-electron chi connectivity index (χ4n) is 1.26. The van der Waals surface area contributed by atoms with Gasteiger partial charge in [-0.1, -0.05) is 11.8 Å². The van der Waals surface area contributed by atoms with Crippen LogP contribution in [0, 0.1) is 0 Å².